The van der Waals surface area contributed by atoms with Crippen LogP contribution in [0.5, 0.6) is 0 Å². The normalized spacial score (nSPS) is 21.3. The molecule has 24 heavy (non-hydrogen) atoms. The van der Waals surface area contributed by atoms with Crippen LogP contribution in [0.25, 0.3) is 0 Å². The Morgan fingerprint density at radius 2 is 2.17 bits per heavy atom. The summed E-state index contributed by atoms with van der Waals surface area (Å²) < 4.78 is 27.6. The highest BCUT2D eigenvalue weighted by molar-refractivity contribution is 5.24. The van der Waals surface area contributed by atoms with Crippen molar-refractivity contribution >= 4 is 0 Å². The molecule has 0 saturated carbocycles. The summed E-state index contributed by atoms with van der Waals surface area (Å²) in [6, 6.07) is 4.28. The highest BCUT2D eigenvalue weighted by Gasteiger charge is 2.34. The predicted molar refractivity (Wildman–Crippen MR) is 84.4 cm³/mol. The standard InChI is InChI=1S/C17H19F2N3O2/c1-2-11-6-17(24)21-16(20-11)9-22-8-12(23)7-15(22)13-5-10(18)3-4-14(13)19/h3-6,12,15,23H,2,7-9H2,1H3,(H,20,21,24). The molecule has 0 bridgehead atoms. The van der Waals surface area contributed by atoms with Crippen LogP contribution < -0.4 is 5.56 Å². The van der Waals surface area contributed by atoms with Crippen LogP contribution in [0.4, 0.5) is 8.78 Å². The summed E-state index contributed by atoms with van der Waals surface area (Å²) in [6.07, 6.45) is 0.290. The molecule has 1 aromatic carbocycles. The number of aliphatic hydroxyl groups excluding tert-OH is 1. The van der Waals surface area contributed by atoms with E-state index >= 15 is 0 Å². The third kappa shape index (κ3) is 3.52. The molecule has 1 aliphatic heterocycles. The second-order valence-electron chi connectivity index (χ2n) is 6.04. The van der Waals surface area contributed by atoms with E-state index in [9.17, 15) is 18.7 Å². The number of aliphatic hydroxyl groups is 1. The van der Waals surface area contributed by atoms with Gasteiger partial charge in [0.1, 0.15) is 17.5 Å². The lowest BCUT2D eigenvalue weighted by molar-refractivity contribution is 0.171. The van der Waals surface area contributed by atoms with Crippen LogP contribution in [0, 0.1) is 11.6 Å². The number of hydrogen-bond acceptors (Lipinski definition) is 4. The molecule has 2 N–H and O–H groups in total. The van der Waals surface area contributed by atoms with Crippen molar-refractivity contribution in [2.24, 2.45) is 0 Å². The summed E-state index contributed by atoms with van der Waals surface area (Å²) in [6.45, 7) is 2.46. The largest absolute Gasteiger partial charge is 0.392 e. The first-order valence-corrected chi connectivity index (χ1v) is 7.92. The van der Waals surface area contributed by atoms with E-state index in [1.54, 1.807) is 4.90 Å². The number of benzene rings is 1. The number of aromatic nitrogens is 2. The summed E-state index contributed by atoms with van der Waals surface area (Å²) in [5, 5.41) is 9.97. The quantitative estimate of drug-likeness (QED) is 0.896. The number of nitrogens with zero attached hydrogens (tertiary/aromatic N) is 2. The second-order valence-corrected chi connectivity index (χ2v) is 6.04. The van der Waals surface area contributed by atoms with Gasteiger partial charge in [0.25, 0.3) is 5.56 Å². The molecule has 2 heterocycles. The fourth-order valence-corrected chi connectivity index (χ4v) is 3.16. The van der Waals surface area contributed by atoms with E-state index < -0.39 is 23.8 Å². The number of rotatable bonds is 4. The van der Waals surface area contributed by atoms with Crippen LogP contribution in [-0.2, 0) is 13.0 Å². The monoisotopic (exact) mass is 335 g/mol. The molecule has 0 radical (unpaired) electrons. The molecule has 2 aromatic rings. The maximum absolute atomic E-state index is 14.1. The van der Waals surface area contributed by atoms with E-state index in [1.165, 1.54) is 6.07 Å². The van der Waals surface area contributed by atoms with E-state index in [4.69, 9.17) is 0 Å². The van der Waals surface area contributed by atoms with Gasteiger partial charge in [-0.05, 0) is 31.0 Å². The molecule has 7 heteroatoms. The lowest BCUT2D eigenvalue weighted by Crippen LogP contribution is -2.27. The first-order chi connectivity index (χ1) is 11.5. The van der Waals surface area contributed by atoms with Crippen LogP contribution in [0.3, 0.4) is 0 Å². The number of aryl methyl sites for hydroxylation is 1. The number of nitrogens with one attached hydrogen (secondary N) is 1. The number of aromatic amines is 1. The summed E-state index contributed by atoms with van der Waals surface area (Å²) >= 11 is 0. The van der Waals surface area contributed by atoms with Gasteiger partial charge in [-0.1, -0.05) is 6.92 Å². The zero-order valence-corrected chi connectivity index (χ0v) is 13.3. The van der Waals surface area contributed by atoms with Gasteiger partial charge in [0.05, 0.1) is 12.6 Å². The first-order valence-electron chi connectivity index (χ1n) is 7.92. The Morgan fingerprint density at radius 1 is 1.38 bits per heavy atom. The summed E-state index contributed by atoms with van der Waals surface area (Å²) in [7, 11) is 0. The van der Waals surface area contributed by atoms with Crippen molar-refractivity contribution in [3.8, 4) is 0 Å². The molecule has 2 unspecified atom stereocenters. The minimum absolute atomic E-state index is 0.209. The van der Waals surface area contributed by atoms with E-state index in [0.29, 0.717) is 30.9 Å². The van der Waals surface area contributed by atoms with Crippen molar-refractivity contribution in [1.29, 1.82) is 0 Å². The molecule has 3 rings (SSSR count). The van der Waals surface area contributed by atoms with E-state index in [0.717, 1.165) is 18.2 Å². The third-order valence-electron chi connectivity index (χ3n) is 4.26. The van der Waals surface area contributed by atoms with Crippen LogP contribution in [0.2, 0.25) is 0 Å². The van der Waals surface area contributed by atoms with Crippen molar-refractivity contribution in [2.75, 3.05) is 6.54 Å². The average molecular weight is 335 g/mol. The zero-order chi connectivity index (χ0) is 17.3. The van der Waals surface area contributed by atoms with Crippen LogP contribution >= 0.6 is 0 Å². The van der Waals surface area contributed by atoms with Crippen molar-refractivity contribution in [1.82, 2.24) is 14.9 Å². The maximum atomic E-state index is 14.1. The molecule has 0 aliphatic carbocycles. The van der Waals surface area contributed by atoms with E-state index in [1.807, 2.05) is 6.92 Å². The average Bonchev–Trinajstić information content (AvgIpc) is 2.89. The molecule has 5 nitrogen and oxygen atoms in total. The van der Waals surface area contributed by atoms with Crippen LogP contribution in [0.15, 0.2) is 29.1 Å². The first kappa shape index (κ1) is 16.7. The Labute approximate surface area is 138 Å². The van der Waals surface area contributed by atoms with Gasteiger partial charge in [-0.15, -0.1) is 0 Å². The molecular formula is C17H19F2N3O2. The Hall–Kier alpha value is -2.12. The van der Waals surface area contributed by atoms with Crippen molar-refractivity contribution in [3.05, 3.63) is 63.3 Å². The number of likely N-dealkylation sites (tertiary alicyclic amines) is 1. The number of H-pyrrole nitrogens is 1. The zero-order valence-electron chi connectivity index (χ0n) is 13.3. The van der Waals surface area contributed by atoms with Gasteiger partial charge >= 0.3 is 0 Å². The summed E-state index contributed by atoms with van der Waals surface area (Å²) in [4.78, 5) is 20.5. The Kier molecular flexibility index (Phi) is 4.73. The van der Waals surface area contributed by atoms with Gasteiger partial charge in [0.2, 0.25) is 0 Å². The maximum Gasteiger partial charge on any atom is 0.251 e. The SMILES string of the molecule is CCc1cc(=O)[nH]c(CN2CC(O)CC2c2cc(F)ccc2F)n1. The molecular weight excluding hydrogens is 316 g/mol. The lowest BCUT2D eigenvalue weighted by atomic mass is 10.0. The minimum Gasteiger partial charge on any atom is -0.392 e. The Morgan fingerprint density at radius 3 is 2.92 bits per heavy atom. The van der Waals surface area contributed by atoms with Crippen molar-refractivity contribution in [3.63, 3.8) is 0 Å². The van der Waals surface area contributed by atoms with Gasteiger partial charge in [0.15, 0.2) is 0 Å². The number of halogens is 2. The number of β-amino-alcohol motifs (C(OH)–C–C–N with tert-alkyl or cyclic N) is 1. The molecule has 1 fully saturated rings. The predicted octanol–water partition coefficient (Wildman–Crippen LogP) is 1.92. The molecule has 128 valence electrons. The Bertz CT molecular complexity index is 794. The molecule has 0 amide bonds. The third-order valence-corrected chi connectivity index (χ3v) is 4.26. The molecule has 1 aromatic heterocycles. The fraction of sp³-hybridized carbons (Fsp3) is 0.412. The molecule has 2 atom stereocenters. The van der Waals surface area contributed by atoms with Gasteiger partial charge in [-0.3, -0.25) is 9.69 Å². The fourth-order valence-electron chi connectivity index (χ4n) is 3.16. The van der Waals surface area contributed by atoms with Gasteiger partial charge in [-0.2, -0.15) is 0 Å². The molecule has 0 spiro atoms. The smallest absolute Gasteiger partial charge is 0.251 e. The van der Waals surface area contributed by atoms with Crippen molar-refractivity contribution in [2.45, 2.75) is 38.5 Å². The van der Waals surface area contributed by atoms with Crippen LogP contribution in [-0.4, -0.2) is 32.6 Å². The van der Waals surface area contributed by atoms with E-state index in [-0.39, 0.29) is 17.7 Å². The van der Waals surface area contributed by atoms with Gasteiger partial charge < -0.3 is 10.1 Å². The van der Waals surface area contributed by atoms with Crippen LogP contribution in [0.1, 0.15) is 36.5 Å². The summed E-state index contributed by atoms with van der Waals surface area (Å²) in [5.41, 5.74) is 0.632. The Balaban J connectivity index is 1.90. The van der Waals surface area contributed by atoms with Crippen molar-refractivity contribution < 1.29 is 13.9 Å². The van der Waals surface area contributed by atoms with Gasteiger partial charge in [-0.25, -0.2) is 13.8 Å². The highest BCUT2D eigenvalue weighted by Crippen LogP contribution is 2.34. The number of hydrogen-bond donors (Lipinski definition) is 2. The molecule has 1 saturated heterocycles. The second kappa shape index (κ2) is 6.78. The molecule has 1 aliphatic rings. The minimum atomic E-state index is -0.640. The summed E-state index contributed by atoms with van der Waals surface area (Å²) in [5.74, 6) is -0.577. The highest BCUT2D eigenvalue weighted by atomic mass is 19.1. The lowest BCUT2D eigenvalue weighted by Gasteiger charge is -2.24. The van der Waals surface area contributed by atoms with E-state index in [2.05, 4.69) is 9.97 Å². The van der Waals surface area contributed by atoms with Gasteiger partial charge in [0, 0.05) is 29.9 Å². The topological polar surface area (TPSA) is 69.2 Å².